The average molecular weight is 246 g/mol. The Bertz CT molecular complexity index is 362. The Morgan fingerprint density at radius 3 is 2.61 bits per heavy atom. The third kappa shape index (κ3) is 3.17. The summed E-state index contributed by atoms with van der Waals surface area (Å²) in [4.78, 5) is 0. The Hall–Kier alpha value is -0.760. The van der Waals surface area contributed by atoms with Gasteiger partial charge in [0.1, 0.15) is 0 Å². The SMILES string of the molecule is CCCn1ccc(CNCC(C2CC2)C2CC2)c1. The summed E-state index contributed by atoms with van der Waals surface area (Å²) in [5.74, 6) is 3.12. The number of aromatic nitrogens is 1. The summed E-state index contributed by atoms with van der Waals surface area (Å²) in [7, 11) is 0. The fourth-order valence-electron chi connectivity index (χ4n) is 3.14. The molecule has 0 saturated heterocycles. The molecule has 0 aliphatic heterocycles. The highest BCUT2D eigenvalue weighted by molar-refractivity contribution is 5.10. The summed E-state index contributed by atoms with van der Waals surface area (Å²) in [5, 5.41) is 3.69. The lowest BCUT2D eigenvalue weighted by atomic mass is 9.98. The van der Waals surface area contributed by atoms with Crippen LogP contribution in [0, 0.1) is 17.8 Å². The molecule has 0 spiro atoms. The molecule has 2 saturated carbocycles. The van der Waals surface area contributed by atoms with Crippen LogP contribution < -0.4 is 5.32 Å². The molecule has 0 unspecified atom stereocenters. The van der Waals surface area contributed by atoms with Crippen molar-refractivity contribution in [2.75, 3.05) is 6.54 Å². The van der Waals surface area contributed by atoms with E-state index in [2.05, 4.69) is 35.3 Å². The summed E-state index contributed by atoms with van der Waals surface area (Å²) in [6.45, 7) is 5.67. The quantitative estimate of drug-likeness (QED) is 0.743. The average Bonchev–Trinajstić information content (AvgIpc) is 3.27. The minimum Gasteiger partial charge on any atom is -0.354 e. The number of aryl methyl sites for hydroxylation is 1. The largest absolute Gasteiger partial charge is 0.354 e. The van der Waals surface area contributed by atoms with E-state index in [1.165, 1.54) is 44.2 Å². The second kappa shape index (κ2) is 5.48. The highest BCUT2D eigenvalue weighted by Gasteiger charge is 2.40. The summed E-state index contributed by atoms with van der Waals surface area (Å²) in [6, 6.07) is 2.26. The van der Waals surface area contributed by atoms with E-state index in [0.29, 0.717) is 0 Å². The minimum absolute atomic E-state index is 0.989. The predicted molar refractivity (Wildman–Crippen MR) is 75.4 cm³/mol. The molecule has 1 aromatic rings. The van der Waals surface area contributed by atoms with E-state index in [9.17, 15) is 0 Å². The molecule has 1 N–H and O–H groups in total. The number of hydrogen-bond donors (Lipinski definition) is 1. The van der Waals surface area contributed by atoms with Crippen molar-refractivity contribution in [2.45, 2.75) is 52.1 Å². The number of nitrogens with one attached hydrogen (secondary N) is 1. The number of rotatable bonds is 8. The van der Waals surface area contributed by atoms with Gasteiger partial charge in [0.05, 0.1) is 0 Å². The molecule has 2 aliphatic rings. The zero-order valence-corrected chi connectivity index (χ0v) is 11.6. The van der Waals surface area contributed by atoms with Gasteiger partial charge in [-0.3, -0.25) is 0 Å². The summed E-state index contributed by atoms with van der Waals surface area (Å²) >= 11 is 0. The molecule has 2 heteroatoms. The first-order valence-corrected chi connectivity index (χ1v) is 7.72. The van der Waals surface area contributed by atoms with Crippen molar-refractivity contribution in [1.29, 1.82) is 0 Å². The number of hydrogen-bond acceptors (Lipinski definition) is 1. The van der Waals surface area contributed by atoms with Crippen LogP contribution in [-0.2, 0) is 13.1 Å². The van der Waals surface area contributed by atoms with Crippen LogP contribution >= 0.6 is 0 Å². The standard InChI is InChI=1S/C16H26N2/c1-2-8-18-9-7-13(12-18)10-17-11-16(14-3-4-14)15-5-6-15/h7,9,12,14-17H,2-6,8,10-11H2,1H3. The third-order valence-electron chi connectivity index (χ3n) is 4.46. The molecular weight excluding hydrogens is 220 g/mol. The van der Waals surface area contributed by atoms with Crippen molar-refractivity contribution in [1.82, 2.24) is 9.88 Å². The van der Waals surface area contributed by atoms with Crippen molar-refractivity contribution in [3.05, 3.63) is 24.0 Å². The van der Waals surface area contributed by atoms with E-state index in [0.717, 1.165) is 30.8 Å². The first-order chi connectivity index (χ1) is 8.86. The molecule has 0 amide bonds. The second-order valence-corrected chi connectivity index (χ2v) is 6.23. The van der Waals surface area contributed by atoms with Gasteiger partial charge in [0.15, 0.2) is 0 Å². The zero-order valence-electron chi connectivity index (χ0n) is 11.6. The Balaban J connectivity index is 1.42. The van der Waals surface area contributed by atoms with Gasteiger partial charge in [-0.1, -0.05) is 6.92 Å². The van der Waals surface area contributed by atoms with Crippen LogP contribution in [0.4, 0.5) is 0 Å². The van der Waals surface area contributed by atoms with Crippen molar-refractivity contribution in [2.24, 2.45) is 17.8 Å². The molecular formula is C16H26N2. The highest BCUT2D eigenvalue weighted by Crippen LogP contribution is 2.48. The maximum atomic E-state index is 3.69. The summed E-state index contributed by atoms with van der Waals surface area (Å²) < 4.78 is 2.30. The maximum absolute atomic E-state index is 3.69. The van der Waals surface area contributed by atoms with Crippen molar-refractivity contribution >= 4 is 0 Å². The van der Waals surface area contributed by atoms with Crippen LogP contribution in [-0.4, -0.2) is 11.1 Å². The monoisotopic (exact) mass is 246 g/mol. The molecule has 2 aliphatic carbocycles. The van der Waals surface area contributed by atoms with E-state index in [-0.39, 0.29) is 0 Å². The van der Waals surface area contributed by atoms with Gasteiger partial charge in [-0.15, -0.1) is 0 Å². The smallest absolute Gasteiger partial charge is 0.0220 e. The molecule has 1 heterocycles. The van der Waals surface area contributed by atoms with E-state index in [4.69, 9.17) is 0 Å². The van der Waals surface area contributed by atoms with Crippen LogP contribution in [0.3, 0.4) is 0 Å². The molecule has 0 atom stereocenters. The predicted octanol–water partition coefficient (Wildman–Crippen LogP) is 3.42. The Kier molecular flexibility index (Phi) is 3.74. The van der Waals surface area contributed by atoms with Gasteiger partial charge < -0.3 is 9.88 Å². The first-order valence-electron chi connectivity index (χ1n) is 7.72. The molecule has 2 nitrogen and oxygen atoms in total. The van der Waals surface area contributed by atoms with Crippen LogP contribution in [0.25, 0.3) is 0 Å². The Labute approximate surface area is 111 Å². The van der Waals surface area contributed by atoms with Crippen molar-refractivity contribution in [3.8, 4) is 0 Å². The summed E-state index contributed by atoms with van der Waals surface area (Å²) in [6.07, 6.45) is 11.7. The van der Waals surface area contributed by atoms with Crippen molar-refractivity contribution < 1.29 is 0 Å². The van der Waals surface area contributed by atoms with Crippen LogP contribution in [0.1, 0.15) is 44.6 Å². The topological polar surface area (TPSA) is 17.0 Å². The van der Waals surface area contributed by atoms with E-state index in [1.54, 1.807) is 0 Å². The molecule has 0 bridgehead atoms. The maximum Gasteiger partial charge on any atom is 0.0220 e. The molecule has 18 heavy (non-hydrogen) atoms. The Morgan fingerprint density at radius 2 is 2.00 bits per heavy atom. The van der Waals surface area contributed by atoms with Gasteiger partial charge in [0, 0.05) is 25.5 Å². The molecule has 0 aromatic carbocycles. The zero-order chi connectivity index (χ0) is 12.4. The molecule has 2 fully saturated rings. The summed E-state index contributed by atoms with van der Waals surface area (Å²) in [5.41, 5.74) is 1.44. The van der Waals surface area contributed by atoms with E-state index in [1.807, 2.05) is 0 Å². The third-order valence-corrected chi connectivity index (χ3v) is 4.46. The van der Waals surface area contributed by atoms with Crippen molar-refractivity contribution in [3.63, 3.8) is 0 Å². The van der Waals surface area contributed by atoms with Gasteiger partial charge in [0.25, 0.3) is 0 Å². The van der Waals surface area contributed by atoms with Crippen LogP contribution in [0.2, 0.25) is 0 Å². The van der Waals surface area contributed by atoms with Gasteiger partial charge in [-0.25, -0.2) is 0 Å². The minimum atomic E-state index is 0.989. The fraction of sp³-hybridized carbons (Fsp3) is 0.750. The molecule has 100 valence electrons. The number of nitrogens with zero attached hydrogens (tertiary/aromatic N) is 1. The fourth-order valence-corrected chi connectivity index (χ4v) is 3.14. The Morgan fingerprint density at radius 1 is 1.28 bits per heavy atom. The highest BCUT2D eigenvalue weighted by atomic mass is 14.9. The normalized spacial score (nSPS) is 19.7. The lowest BCUT2D eigenvalue weighted by Crippen LogP contribution is -2.25. The van der Waals surface area contributed by atoms with E-state index < -0.39 is 0 Å². The van der Waals surface area contributed by atoms with Gasteiger partial charge in [0.2, 0.25) is 0 Å². The van der Waals surface area contributed by atoms with Crippen LogP contribution in [0.15, 0.2) is 18.5 Å². The molecule has 1 aromatic heterocycles. The van der Waals surface area contributed by atoms with Gasteiger partial charge >= 0.3 is 0 Å². The lowest BCUT2D eigenvalue weighted by Gasteiger charge is -2.15. The lowest BCUT2D eigenvalue weighted by molar-refractivity contribution is 0.378. The molecule has 0 radical (unpaired) electrons. The first kappa shape index (κ1) is 12.3. The van der Waals surface area contributed by atoms with Gasteiger partial charge in [-0.2, -0.15) is 0 Å². The molecule has 3 rings (SSSR count). The van der Waals surface area contributed by atoms with Crippen LogP contribution in [0.5, 0.6) is 0 Å². The second-order valence-electron chi connectivity index (χ2n) is 6.23. The van der Waals surface area contributed by atoms with E-state index >= 15 is 0 Å². The van der Waals surface area contributed by atoms with Gasteiger partial charge in [-0.05, 0) is 68.0 Å².